The second-order valence-corrected chi connectivity index (χ2v) is 9.78. The molecule has 0 bridgehead atoms. The summed E-state index contributed by atoms with van der Waals surface area (Å²) in [7, 11) is 3.28. The molecule has 0 spiro atoms. The monoisotopic (exact) mass is 443 g/mol. The van der Waals surface area contributed by atoms with Gasteiger partial charge >= 0.3 is 5.69 Å². The number of fused-ring (bicyclic) bond motifs is 3. The lowest BCUT2D eigenvalue weighted by Gasteiger charge is -2.39. The minimum Gasteiger partial charge on any atom is -0.365 e. The molecule has 2 aromatic carbocycles. The molecule has 3 heterocycles. The van der Waals surface area contributed by atoms with Crippen LogP contribution >= 0.6 is 0 Å². The maximum atomic E-state index is 13.6. The van der Waals surface area contributed by atoms with E-state index in [1.807, 2.05) is 25.1 Å². The van der Waals surface area contributed by atoms with Crippen LogP contribution in [0.25, 0.3) is 22.2 Å². The zero-order chi connectivity index (χ0) is 23.7. The molecule has 0 saturated heterocycles. The fourth-order valence-corrected chi connectivity index (χ4v) is 5.06. The van der Waals surface area contributed by atoms with Gasteiger partial charge in [-0.05, 0) is 44.9 Å². The molecule has 6 heteroatoms. The van der Waals surface area contributed by atoms with E-state index in [0.717, 1.165) is 33.6 Å². The number of ether oxygens (including phenoxy) is 1. The van der Waals surface area contributed by atoms with Crippen molar-refractivity contribution in [2.75, 3.05) is 6.61 Å². The number of nitrogens with zero attached hydrogens (tertiary/aromatic N) is 3. The normalized spacial score (nSPS) is 17.3. The summed E-state index contributed by atoms with van der Waals surface area (Å²) in [5.74, 6) is 0. The standard InChI is InChI=1S/C27H29N3O3/c1-16-10-12-18(13-11-16)24-23-22-20(25(31)29(6)26(32)28(22)5)21(19-9-7-8-17(2)14-19)30(23)27(3,4)15-33-24/h7-14,24H,15H2,1-6H3. The fraction of sp³-hybridized carbons (Fsp3) is 0.333. The van der Waals surface area contributed by atoms with Crippen LogP contribution in [-0.4, -0.2) is 20.3 Å². The van der Waals surface area contributed by atoms with E-state index >= 15 is 0 Å². The van der Waals surface area contributed by atoms with Crippen LogP contribution in [0.15, 0.2) is 58.1 Å². The second-order valence-electron chi connectivity index (χ2n) is 9.78. The molecule has 33 heavy (non-hydrogen) atoms. The summed E-state index contributed by atoms with van der Waals surface area (Å²) in [5.41, 5.74) is 5.50. The van der Waals surface area contributed by atoms with Crippen LogP contribution in [0.5, 0.6) is 0 Å². The molecular formula is C27H29N3O3. The maximum Gasteiger partial charge on any atom is 0.331 e. The lowest BCUT2D eigenvalue weighted by atomic mass is 9.97. The Bertz CT molecular complexity index is 1520. The highest BCUT2D eigenvalue weighted by molar-refractivity contribution is 5.97. The van der Waals surface area contributed by atoms with E-state index in [1.165, 1.54) is 4.57 Å². The van der Waals surface area contributed by atoms with Crippen molar-refractivity contribution >= 4 is 10.9 Å². The molecule has 0 fully saturated rings. The van der Waals surface area contributed by atoms with Crippen molar-refractivity contribution in [3.63, 3.8) is 0 Å². The summed E-state index contributed by atoms with van der Waals surface area (Å²) in [5, 5.41) is 0.552. The number of aryl methyl sites for hydroxylation is 3. The van der Waals surface area contributed by atoms with E-state index in [0.29, 0.717) is 17.5 Å². The average Bonchev–Trinajstić information content (AvgIpc) is 3.15. The van der Waals surface area contributed by atoms with Gasteiger partial charge in [-0.25, -0.2) is 4.79 Å². The molecule has 4 aromatic rings. The second kappa shape index (κ2) is 7.32. The molecule has 2 aromatic heterocycles. The summed E-state index contributed by atoms with van der Waals surface area (Å²) < 4.78 is 11.5. The van der Waals surface area contributed by atoms with Gasteiger partial charge in [0.05, 0.1) is 34.4 Å². The Balaban J connectivity index is 2.01. The Morgan fingerprint density at radius 2 is 1.64 bits per heavy atom. The minimum atomic E-state index is -0.421. The van der Waals surface area contributed by atoms with Gasteiger partial charge in [-0.1, -0.05) is 53.6 Å². The number of hydrogen-bond acceptors (Lipinski definition) is 3. The lowest BCUT2D eigenvalue weighted by Crippen LogP contribution is -2.40. The van der Waals surface area contributed by atoms with Gasteiger partial charge in [0.2, 0.25) is 0 Å². The van der Waals surface area contributed by atoms with Gasteiger partial charge in [-0.2, -0.15) is 0 Å². The van der Waals surface area contributed by atoms with Gasteiger partial charge in [0, 0.05) is 14.1 Å². The van der Waals surface area contributed by atoms with E-state index in [2.05, 4.69) is 55.7 Å². The van der Waals surface area contributed by atoms with Crippen molar-refractivity contribution in [3.8, 4) is 11.3 Å². The van der Waals surface area contributed by atoms with E-state index in [9.17, 15) is 9.59 Å². The Labute approximate surface area is 192 Å². The van der Waals surface area contributed by atoms with Crippen LogP contribution in [0.4, 0.5) is 0 Å². The topological polar surface area (TPSA) is 58.2 Å². The first-order valence-electron chi connectivity index (χ1n) is 11.2. The lowest BCUT2D eigenvalue weighted by molar-refractivity contribution is -0.00707. The number of rotatable bonds is 2. The number of aromatic nitrogens is 3. The molecule has 1 unspecified atom stereocenters. The largest absolute Gasteiger partial charge is 0.365 e. The van der Waals surface area contributed by atoms with Crippen LogP contribution in [0, 0.1) is 13.8 Å². The minimum absolute atomic E-state index is 0.287. The highest BCUT2D eigenvalue weighted by atomic mass is 16.5. The predicted molar refractivity (Wildman–Crippen MR) is 131 cm³/mol. The van der Waals surface area contributed by atoms with Crippen LogP contribution in [0.1, 0.15) is 42.3 Å². The smallest absolute Gasteiger partial charge is 0.331 e. The average molecular weight is 444 g/mol. The molecule has 0 N–H and O–H groups in total. The van der Waals surface area contributed by atoms with Gasteiger partial charge in [0.1, 0.15) is 6.10 Å². The molecule has 0 saturated carbocycles. The van der Waals surface area contributed by atoms with E-state index in [-0.39, 0.29) is 11.2 Å². The van der Waals surface area contributed by atoms with Crippen LogP contribution in [-0.2, 0) is 24.4 Å². The zero-order valence-electron chi connectivity index (χ0n) is 20.0. The van der Waals surface area contributed by atoms with Crippen LogP contribution in [0.2, 0.25) is 0 Å². The van der Waals surface area contributed by atoms with Crippen molar-refractivity contribution in [1.29, 1.82) is 0 Å². The first-order valence-corrected chi connectivity index (χ1v) is 11.2. The van der Waals surface area contributed by atoms with Crippen molar-refractivity contribution in [3.05, 3.63) is 91.8 Å². The Morgan fingerprint density at radius 1 is 0.939 bits per heavy atom. The van der Waals surface area contributed by atoms with Crippen molar-refractivity contribution < 1.29 is 4.74 Å². The maximum absolute atomic E-state index is 13.6. The third-order valence-corrected chi connectivity index (χ3v) is 6.74. The van der Waals surface area contributed by atoms with Crippen molar-refractivity contribution in [1.82, 2.24) is 13.7 Å². The predicted octanol–water partition coefficient (Wildman–Crippen LogP) is 4.18. The quantitative estimate of drug-likeness (QED) is 0.467. The van der Waals surface area contributed by atoms with E-state index in [1.54, 1.807) is 18.7 Å². The summed E-state index contributed by atoms with van der Waals surface area (Å²) in [6, 6.07) is 16.4. The molecule has 6 nitrogen and oxygen atoms in total. The third-order valence-electron chi connectivity index (χ3n) is 6.74. The van der Waals surface area contributed by atoms with Gasteiger partial charge in [-0.15, -0.1) is 0 Å². The molecule has 0 radical (unpaired) electrons. The fourth-order valence-electron chi connectivity index (χ4n) is 5.06. The molecule has 0 amide bonds. The van der Waals surface area contributed by atoms with E-state index in [4.69, 9.17) is 4.74 Å². The summed E-state index contributed by atoms with van der Waals surface area (Å²) in [4.78, 5) is 26.6. The van der Waals surface area contributed by atoms with Crippen molar-refractivity contribution in [2.45, 2.75) is 39.3 Å². The molecule has 170 valence electrons. The first kappa shape index (κ1) is 21.5. The van der Waals surface area contributed by atoms with Crippen LogP contribution in [0.3, 0.4) is 0 Å². The number of hydrogen-bond donors (Lipinski definition) is 0. The highest BCUT2D eigenvalue weighted by Crippen LogP contribution is 2.45. The van der Waals surface area contributed by atoms with Gasteiger partial charge in [-0.3, -0.25) is 13.9 Å². The first-order chi connectivity index (χ1) is 15.6. The van der Waals surface area contributed by atoms with Crippen LogP contribution < -0.4 is 11.2 Å². The summed E-state index contributed by atoms with van der Waals surface area (Å²) >= 11 is 0. The zero-order valence-corrected chi connectivity index (χ0v) is 20.0. The molecule has 1 aliphatic rings. The van der Waals surface area contributed by atoms with Crippen molar-refractivity contribution in [2.24, 2.45) is 14.1 Å². The molecular weight excluding hydrogens is 414 g/mol. The Hall–Kier alpha value is -3.38. The molecule has 1 atom stereocenters. The Morgan fingerprint density at radius 3 is 2.30 bits per heavy atom. The Kier molecular flexibility index (Phi) is 4.76. The van der Waals surface area contributed by atoms with Gasteiger partial charge in [0.15, 0.2) is 0 Å². The third kappa shape index (κ3) is 3.12. The van der Waals surface area contributed by atoms with E-state index < -0.39 is 11.6 Å². The summed E-state index contributed by atoms with van der Waals surface area (Å²) in [6.45, 7) is 8.80. The molecule has 0 aliphatic carbocycles. The van der Waals surface area contributed by atoms with Gasteiger partial charge in [0.25, 0.3) is 5.56 Å². The van der Waals surface area contributed by atoms with Gasteiger partial charge < -0.3 is 9.30 Å². The molecule has 1 aliphatic heterocycles. The highest BCUT2D eigenvalue weighted by Gasteiger charge is 2.40. The molecule has 5 rings (SSSR count). The SMILES string of the molecule is Cc1ccc(C2OCC(C)(C)n3c(-c4cccc(C)c4)c4c(=O)n(C)c(=O)n(C)c4c32)cc1. The number of benzene rings is 2. The summed E-state index contributed by atoms with van der Waals surface area (Å²) in [6.07, 6.45) is -0.391.